The first kappa shape index (κ1) is 15.3. The lowest BCUT2D eigenvalue weighted by atomic mass is 9.96. The number of sulfonamides is 1. The Morgan fingerprint density at radius 1 is 1.15 bits per heavy atom. The molecule has 1 aromatic rings. The minimum absolute atomic E-state index is 0.0548. The van der Waals surface area contributed by atoms with E-state index in [9.17, 15) is 8.42 Å². The number of hydrogen-bond acceptors (Lipinski definition) is 3. The summed E-state index contributed by atoms with van der Waals surface area (Å²) >= 11 is 0. The molecule has 1 aliphatic rings. The molecule has 1 fully saturated rings. The molecule has 0 unspecified atom stereocenters. The quantitative estimate of drug-likeness (QED) is 0.929. The molecule has 1 N–H and O–H groups in total. The predicted molar refractivity (Wildman–Crippen MR) is 79.7 cm³/mol. The van der Waals surface area contributed by atoms with Gasteiger partial charge in [-0.25, -0.2) is 13.1 Å². The van der Waals surface area contributed by atoms with Crippen LogP contribution in [0.5, 0.6) is 5.75 Å². The first-order chi connectivity index (χ1) is 9.44. The monoisotopic (exact) mass is 297 g/mol. The van der Waals surface area contributed by atoms with Gasteiger partial charge < -0.3 is 4.74 Å². The van der Waals surface area contributed by atoms with E-state index in [2.05, 4.69) is 4.72 Å². The van der Waals surface area contributed by atoms with Gasteiger partial charge in [-0.3, -0.25) is 0 Å². The van der Waals surface area contributed by atoms with Crippen molar-refractivity contribution < 1.29 is 13.2 Å². The number of ether oxygens (including phenoxy) is 1. The van der Waals surface area contributed by atoms with E-state index in [-0.39, 0.29) is 10.9 Å². The number of methoxy groups -OCH3 is 1. The third-order valence-electron chi connectivity index (χ3n) is 3.80. The fourth-order valence-electron chi connectivity index (χ4n) is 2.91. The number of hydrogen-bond donors (Lipinski definition) is 1. The van der Waals surface area contributed by atoms with Gasteiger partial charge in [0.25, 0.3) is 0 Å². The van der Waals surface area contributed by atoms with Gasteiger partial charge in [-0.1, -0.05) is 25.3 Å². The van der Waals surface area contributed by atoms with Gasteiger partial charge in [-0.15, -0.1) is 0 Å². The summed E-state index contributed by atoms with van der Waals surface area (Å²) in [6, 6.07) is 3.69. The molecule has 0 radical (unpaired) electrons. The van der Waals surface area contributed by atoms with E-state index in [1.807, 2.05) is 19.9 Å². The maximum atomic E-state index is 12.6. The van der Waals surface area contributed by atoms with Gasteiger partial charge in [-0.05, 0) is 43.9 Å². The second-order valence-corrected chi connectivity index (χ2v) is 7.22. The van der Waals surface area contributed by atoms with Crippen molar-refractivity contribution >= 4 is 10.0 Å². The summed E-state index contributed by atoms with van der Waals surface area (Å²) < 4.78 is 33.3. The Bertz CT molecular complexity index is 575. The first-order valence-corrected chi connectivity index (χ1v) is 8.60. The number of aryl methyl sites for hydroxylation is 2. The number of benzene rings is 1. The SMILES string of the molecule is COc1cc(C)cc(C)c1S(=O)(=O)NC1CCCCC1. The highest BCUT2D eigenvalue weighted by Crippen LogP contribution is 2.30. The van der Waals surface area contributed by atoms with Crippen molar-refractivity contribution in [2.75, 3.05) is 7.11 Å². The van der Waals surface area contributed by atoms with Crippen molar-refractivity contribution in [3.63, 3.8) is 0 Å². The fourth-order valence-corrected chi connectivity index (χ4v) is 4.59. The van der Waals surface area contributed by atoms with Gasteiger partial charge in [0, 0.05) is 6.04 Å². The molecule has 0 spiro atoms. The Kier molecular flexibility index (Phi) is 4.70. The zero-order valence-electron chi connectivity index (χ0n) is 12.4. The van der Waals surface area contributed by atoms with Crippen molar-refractivity contribution in [2.24, 2.45) is 0 Å². The van der Waals surface area contributed by atoms with E-state index >= 15 is 0 Å². The number of nitrogens with one attached hydrogen (secondary N) is 1. The van der Waals surface area contributed by atoms with Crippen molar-refractivity contribution in [1.82, 2.24) is 4.72 Å². The average molecular weight is 297 g/mol. The van der Waals surface area contributed by atoms with Crippen LogP contribution in [0.1, 0.15) is 43.2 Å². The molecule has 112 valence electrons. The van der Waals surface area contributed by atoms with Crippen molar-refractivity contribution in [3.05, 3.63) is 23.3 Å². The van der Waals surface area contributed by atoms with E-state index in [1.54, 1.807) is 6.07 Å². The fraction of sp³-hybridized carbons (Fsp3) is 0.600. The molecule has 20 heavy (non-hydrogen) atoms. The number of rotatable bonds is 4. The van der Waals surface area contributed by atoms with Crippen molar-refractivity contribution in [3.8, 4) is 5.75 Å². The molecule has 4 nitrogen and oxygen atoms in total. The largest absolute Gasteiger partial charge is 0.495 e. The molecule has 1 aliphatic carbocycles. The van der Waals surface area contributed by atoms with Gasteiger partial charge in [0.05, 0.1) is 7.11 Å². The van der Waals surface area contributed by atoms with Crippen LogP contribution >= 0.6 is 0 Å². The second kappa shape index (κ2) is 6.14. The standard InChI is InChI=1S/C15H23NO3S/c1-11-9-12(2)15(14(10-11)19-3)20(17,18)16-13-7-5-4-6-8-13/h9-10,13,16H,4-8H2,1-3H3. The Balaban J connectivity index is 2.33. The van der Waals surface area contributed by atoms with Crippen LogP contribution in [0.3, 0.4) is 0 Å². The Morgan fingerprint density at radius 2 is 1.80 bits per heavy atom. The maximum Gasteiger partial charge on any atom is 0.244 e. The summed E-state index contributed by atoms with van der Waals surface area (Å²) in [6.45, 7) is 3.74. The van der Waals surface area contributed by atoms with Crippen LogP contribution in [0.4, 0.5) is 0 Å². The minimum Gasteiger partial charge on any atom is -0.495 e. The molecule has 1 saturated carbocycles. The molecule has 2 rings (SSSR count). The highest BCUT2D eigenvalue weighted by molar-refractivity contribution is 7.89. The van der Waals surface area contributed by atoms with E-state index < -0.39 is 10.0 Å². The highest BCUT2D eigenvalue weighted by atomic mass is 32.2. The summed E-state index contributed by atoms with van der Waals surface area (Å²) in [4.78, 5) is 0.274. The summed E-state index contributed by atoms with van der Waals surface area (Å²) in [7, 11) is -2.02. The lowest BCUT2D eigenvalue weighted by Gasteiger charge is -2.23. The van der Waals surface area contributed by atoms with E-state index in [1.165, 1.54) is 13.5 Å². The van der Waals surface area contributed by atoms with Crippen LogP contribution < -0.4 is 9.46 Å². The van der Waals surface area contributed by atoms with Gasteiger partial charge in [0.15, 0.2) is 0 Å². The summed E-state index contributed by atoms with van der Waals surface area (Å²) in [5.74, 6) is 0.422. The molecule has 0 bridgehead atoms. The Labute approximate surface area is 121 Å². The Morgan fingerprint density at radius 3 is 2.40 bits per heavy atom. The normalized spacial score (nSPS) is 17.1. The predicted octanol–water partition coefficient (Wildman–Crippen LogP) is 2.92. The summed E-state index contributed by atoms with van der Waals surface area (Å²) in [6.07, 6.45) is 5.23. The van der Waals surface area contributed by atoms with Gasteiger partial charge in [-0.2, -0.15) is 0 Å². The van der Waals surface area contributed by atoms with E-state index in [0.717, 1.165) is 36.8 Å². The highest BCUT2D eigenvalue weighted by Gasteiger charge is 2.26. The molecule has 5 heteroatoms. The lowest BCUT2D eigenvalue weighted by molar-refractivity contribution is 0.396. The van der Waals surface area contributed by atoms with Crippen LogP contribution in [0.25, 0.3) is 0 Å². The van der Waals surface area contributed by atoms with Crippen LogP contribution in [-0.2, 0) is 10.0 Å². The third kappa shape index (κ3) is 3.33. The summed E-state index contributed by atoms with van der Waals surface area (Å²) in [5, 5.41) is 0. The van der Waals surface area contributed by atoms with Crippen molar-refractivity contribution in [2.45, 2.75) is 56.9 Å². The average Bonchev–Trinajstić information content (AvgIpc) is 2.37. The van der Waals surface area contributed by atoms with Crippen LogP contribution in [0.2, 0.25) is 0 Å². The van der Waals surface area contributed by atoms with Gasteiger partial charge in [0.2, 0.25) is 10.0 Å². The first-order valence-electron chi connectivity index (χ1n) is 7.11. The van der Waals surface area contributed by atoms with E-state index in [0.29, 0.717) is 5.75 Å². The van der Waals surface area contributed by atoms with Gasteiger partial charge >= 0.3 is 0 Å². The zero-order chi connectivity index (χ0) is 14.8. The topological polar surface area (TPSA) is 55.4 Å². The molecule has 0 saturated heterocycles. The molecule has 0 heterocycles. The molecule has 0 amide bonds. The van der Waals surface area contributed by atoms with Gasteiger partial charge in [0.1, 0.15) is 10.6 Å². The van der Waals surface area contributed by atoms with Crippen molar-refractivity contribution in [1.29, 1.82) is 0 Å². The molecule has 0 aromatic heterocycles. The van der Waals surface area contributed by atoms with E-state index in [4.69, 9.17) is 4.74 Å². The molecule has 0 atom stereocenters. The zero-order valence-corrected chi connectivity index (χ0v) is 13.2. The molecule has 0 aliphatic heterocycles. The molecular formula is C15H23NO3S. The smallest absolute Gasteiger partial charge is 0.244 e. The van der Waals surface area contributed by atoms with Crippen LogP contribution in [0, 0.1) is 13.8 Å². The Hall–Kier alpha value is -1.07. The lowest BCUT2D eigenvalue weighted by Crippen LogP contribution is -2.36. The molecule has 1 aromatic carbocycles. The second-order valence-electron chi connectivity index (χ2n) is 5.57. The minimum atomic E-state index is -3.53. The summed E-state index contributed by atoms with van der Waals surface area (Å²) in [5.41, 5.74) is 1.72. The maximum absolute atomic E-state index is 12.6. The third-order valence-corrected chi connectivity index (χ3v) is 5.50. The molecular weight excluding hydrogens is 274 g/mol. The van der Waals surface area contributed by atoms with Crippen LogP contribution in [-0.4, -0.2) is 21.6 Å². The van der Waals surface area contributed by atoms with Crippen LogP contribution in [0.15, 0.2) is 17.0 Å².